The highest BCUT2D eigenvalue weighted by molar-refractivity contribution is 5.57. The van der Waals surface area contributed by atoms with Crippen LogP contribution in [0.3, 0.4) is 0 Å². The molecule has 0 bridgehead atoms. The van der Waals surface area contributed by atoms with Crippen LogP contribution in [0.4, 0.5) is 0 Å². The zero-order valence-electron chi connectivity index (χ0n) is 10.5. The minimum absolute atomic E-state index is 0.0572. The average Bonchev–Trinajstić information content (AvgIpc) is 2.59. The van der Waals surface area contributed by atoms with Gasteiger partial charge >= 0.3 is 0 Å². The Morgan fingerprint density at radius 2 is 2.12 bits per heavy atom. The number of aromatic amines is 1. The standard InChI is InChI=1S/C12H16N4O/c1-5-9-7(2)14-11(15-12(9)17)10-6-13-16(4)8(10)3/h6H,5H2,1-4H3,(H,14,15,17). The van der Waals surface area contributed by atoms with E-state index in [0.29, 0.717) is 12.2 Å². The van der Waals surface area contributed by atoms with Crippen molar-refractivity contribution >= 4 is 0 Å². The molecular weight excluding hydrogens is 216 g/mol. The highest BCUT2D eigenvalue weighted by Gasteiger charge is 2.12. The molecule has 2 aromatic rings. The van der Waals surface area contributed by atoms with Crippen molar-refractivity contribution in [2.75, 3.05) is 0 Å². The zero-order chi connectivity index (χ0) is 12.6. The molecule has 1 N–H and O–H groups in total. The molecule has 90 valence electrons. The highest BCUT2D eigenvalue weighted by Crippen LogP contribution is 2.18. The van der Waals surface area contributed by atoms with E-state index in [-0.39, 0.29) is 5.56 Å². The van der Waals surface area contributed by atoms with E-state index in [1.807, 2.05) is 27.8 Å². The smallest absolute Gasteiger partial charge is 0.254 e. The minimum atomic E-state index is -0.0572. The van der Waals surface area contributed by atoms with Gasteiger partial charge in [-0.25, -0.2) is 4.98 Å². The second kappa shape index (κ2) is 4.16. The SMILES string of the molecule is CCc1c(C)nc(-c2cnn(C)c2C)[nH]c1=O. The highest BCUT2D eigenvalue weighted by atomic mass is 16.1. The summed E-state index contributed by atoms with van der Waals surface area (Å²) in [6.07, 6.45) is 2.42. The van der Waals surface area contributed by atoms with Crippen LogP contribution >= 0.6 is 0 Å². The third-order valence-corrected chi connectivity index (χ3v) is 3.07. The molecule has 0 aromatic carbocycles. The van der Waals surface area contributed by atoms with Crippen molar-refractivity contribution in [2.24, 2.45) is 7.05 Å². The van der Waals surface area contributed by atoms with E-state index in [0.717, 1.165) is 22.5 Å². The van der Waals surface area contributed by atoms with Gasteiger partial charge < -0.3 is 4.98 Å². The molecule has 2 heterocycles. The quantitative estimate of drug-likeness (QED) is 0.850. The van der Waals surface area contributed by atoms with Gasteiger partial charge in [-0.05, 0) is 20.3 Å². The van der Waals surface area contributed by atoms with Gasteiger partial charge in [0.2, 0.25) is 0 Å². The van der Waals surface area contributed by atoms with Gasteiger partial charge in [0.1, 0.15) is 5.82 Å². The Balaban J connectivity index is 2.62. The number of H-pyrrole nitrogens is 1. The Bertz CT molecular complexity index is 609. The number of nitrogens with zero attached hydrogens (tertiary/aromatic N) is 3. The Morgan fingerprint density at radius 3 is 2.59 bits per heavy atom. The summed E-state index contributed by atoms with van der Waals surface area (Å²) in [6.45, 7) is 5.77. The summed E-state index contributed by atoms with van der Waals surface area (Å²) in [5.41, 5.74) is 3.33. The summed E-state index contributed by atoms with van der Waals surface area (Å²) < 4.78 is 1.76. The Labute approximate surface area is 99.5 Å². The molecule has 5 heteroatoms. The predicted octanol–water partition coefficient (Wildman–Crippen LogP) is 1.35. The van der Waals surface area contributed by atoms with Crippen LogP contribution in [0.1, 0.15) is 23.9 Å². The molecule has 0 aliphatic rings. The largest absolute Gasteiger partial charge is 0.306 e. The number of aromatic nitrogens is 4. The first-order chi connectivity index (χ1) is 8.04. The molecule has 0 aliphatic heterocycles. The van der Waals surface area contributed by atoms with Gasteiger partial charge in [-0.2, -0.15) is 5.10 Å². The van der Waals surface area contributed by atoms with E-state index < -0.39 is 0 Å². The zero-order valence-corrected chi connectivity index (χ0v) is 10.5. The summed E-state index contributed by atoms with van der Waals surface area (Å²) in [7, 11) is 1.87. The first-order valence-corrected chi connectivity index (χ1v) is 5.63. The molecule has 0 radical (unpaired) electrons. The number of nitrogens with one attached hydrogen (secondary N) is 1. The summed E-state index contributed by atoms with van der Waals surface area (Å²) in [4.78, 5) is 19.1. The molecule has 2 rings (SSSR count). The fraction of sp³-hybridized carbons (Fsp3) is 0.417. The molecule has 17 heavy (non-hydrogen) atoms. The number of aryl methyl sites for hydroxylation is 2. The van der Waals surface area contributed by atoms with Crippen LogP contribution in [0.5, 0.6) is 0 Å². The van der Waals surface area contributed by atoms with Gasteiger partial charge in [0.05, 0.1) is 11.8 Å². The van der Waals surface area contributed by atoms with Crippen molar-refractivity contribution in [3.63, 3.8) is 0 Å². The van der Waals surface area contributed by atoms with Crippen LogP contribution in [-0.4, -0.2) is 19.7 Å². The van der Waals surface area contributed by atoms with E-state index in [4.69, 9.17) is 0 Å². The monoisotopic (exact) mass is 232 g/mol. The summed E-state index contributed by atoms with van der Waals surface area (Å²) in [5, 5.41) is 4.15. The van der Waals surface area contributed by atoms with Crippen LogP contribution in [0.25, 0.3) is 11.4 Å². The molecule has 0 fully saturated rings. The topological polar surface area (TPSA) is 63.6 Å². The third kappa shape index (κ3) is 1.88. The lowest BCUT2D eigenvalue weighted by atomic mass is 10.1. The van der Waals surface area contributed by atoms with Crippen LogP contribution in [0.2, 0.25) is 0 Å². The number of rotatable bonds is 2. The molecule has 0 saturated carbocycles. The first-order valence-electron chi connectivity index (χ1n) is 5.63. The Kier molecular flexibility index (Phi) is 2.83. The van der Waals surface area contributed by atoms with Crippen LogP contribution in [0, 0.1) is 13.8 Å². The van der Waals surface area contributed by atoms with Gasteiger partial charge in [0.15, 0.2) is 0 Å². The molecular formula is C12H16N4O. The molecule has 2 aromatic heterocycles. The first kappa shape index (κ1) is 11.6. The predicted molar refractivity (Wildman–Crippen MR) is 65.9 cm³/mol. The van der Waals surface area contributed by atoms with E-state index >= 15 is 0 Å². The third-order valence-electron chi connectivity index (χ3n) is 3.07. The maximum atomic E-state index is 11.9. The average molecular weight is 232 g/mol. The van der Waals surface area contributed by atoms with Crippen LogP contribution in [-0.2, 0) is 13.5 Å². The Morgan fingerprint density at radius 1 is 1.41 bits per heavy atom. The lowest BCUT2D eigenvalue weighted by molar-refractivity contribution is 0.740. The van der Waals surface area contributed by atoms with Crippen molar-refractivity contribution in [1.82, 2.24) is 19.7 Å². The van der Waals surface area contributed by atoms with Gasteiger partial charge in [0, 0.05) is 24.0 Å². The van der Waals surface area contributed by atoms with Crippen molar-refractivity contribution in [3.05, 3.63) is 33.5 Å². The van der Waals surface area contributed by atoms with Crippen molar-refractivity contribution < 1.29 is 0 Å². The van der Waals surface area contributed by atoms with E-state index in [9.17, 15) is 4.79 Å². The second-order valence-corrected chi connectivity index (χ2v) is 4.10. The van der Waals surface area contributed by atoms with Gasteiger partial charge in [-0.15, -0.1) is 0 Å². The van der Waals surface area contributed by atoms with Crippen molar-refractivity contribution in [1.29, 1.82) is 0 Å². The maximum absolute atomic E-state index is 11.9. The molecule has 0 amide bonds. The van der Waals surface area contributed by atoms with E-state index in [2.05, 4.69) is 15.1 Å². The normalized spacial score (nSPS) is 10.8. The van der Waals surface area contributed by atoms with Crippen LogP contribution in [0.15, 0.2) is 11.0 Å². The fourth-order valence-corrected chi connectivity index (χ4v) is 1.89. The van der Waals surface area contributed by atoms with Crippen molar-refractivity contribution in [3.8, 4) is 11.4 Å². The van der Waals surface area contributed by atoms with Gasteiger partial charge in [0.25, 0.3) is 5.56 Å². The summed E-state index contributed by atoms with van der Waals surface area (Å²) >= 11 is 0. The minimum Gasteiger partial charge on any atom is -0.306 e. The van der Waals surface area contributed by atoms with Crippen LogP contribution < -0.4 is 5.56 Å². The van der Waals surface area contributed by atoms with Gasteiger partial charge in [-0.1, -0.05) is 6.92 Å². The Hall–Kier alpha value is -1.91. The van der Waals surface area contributed by atoms with Gasteiger partial charge in [-0.3, -0.25) is 9.48 Å². The molecule has 0 spiro atoms. The molecule has 0 saturated heterocycles. The lowest BCUT2D eigenvalue weighted by Crippen LogP contribution is -2.16. The lowest BCUT2D eigenvalue weighted by Gasteiger charge is -2.05. The molecule has 5 nitrogen and oxygen atoms in total. The maximum Gasteiger partial charge on any atom is 0.254 e. The number of hydrogen-bond acceptors (Lipinski definition) is 3. The van der Waals surface area contributed by atoms with E-state index in [1.165, 1.54) is 0 Å². The van der Waals surface area contributed by atoms with Crippen molar-refractivity contribution in [2.45, 2.75) is 27.2 Å². The summed E-state index contributed by atoms with van der Waals surface area (Å²) in [6, 6.07) is 0. The summed E-state index contributed by atoms with van der Waals surface area (Å²) in [5.74, 6) is 0.593. The molecule has 0 unspecified atom stereocenters. The fourth-order valence-electron chi connectivity index (χ4n) is 1.89. The molecule has 0 aliphatic carbocycles. The second-order valence-electron chi connectivity index (χ2n) is 4.10. The van der Waals surface area contributed by atoms with E-state index in [1.54, 1.807) is 10.9 Å². The number of hydrogen-bond donors (Lipinski definition) is 1. The molecule has 0 atom stereocenters.